The number of nitrogens with one attached hydrogen (secondary N) is 1. The maximum absolute atomic E-state index is 13.4. The van der Waals surface area contributed by atoms with Gasteiger partial charge in [-0.05, 0) is 36.5 Å². The normalized spacial score (nSPS) is 22.8. The highest BCUT2D eigenvalue weighted by atomic mass is 35.5. The topological polar surface area (TPSA) is 50.2 Å². The molecule has 1 fully saturated rings. The molecule has 2 atom stereocenters. The number of benzene rings is 1. The zero-order valence-electron chi connectivity index (χ0n) is 14.5. The van der Waals surface area contributed by atoms with Crippen molar-refractivity contribution < 1.29 is 4.79 Å². The Balaban J connectivity index is 0.00000182. The van der Waals surface area contributed by atoms with Gasteiger partial charge in [-0.25, -0.2) is 0 Å². The van der Waals surface area contributed by atoms with Crippen LogP contribution in [0.25, 0.3) is 0 Å². The Hall–Kier alpha value is -1.85. The lowest BCUT2D eigenvalue weighted by Gasteiger charge is -2.28. The molecule has 134 valence electrons. The summed E-state index contributed by atoms with van der Waals surface area (Å²) in [5.41, 5.74) is 3.56. The van der Waals surface area contributed by atoms with Crippen LogP contribution in [0.2, 0.25) is 0 Å². The summed E-state index contributed by atoms with van der Waals surface area (Å²) in [6.45, 7) is 2.42. The highest BCUT2D eigenvalue weighted by Crippen LogP contribution is 2.33. The Morgan fingerprint density at radius 1 is 1.24 bits per heavy atom. The summed E-state index contributed by atoms with van der Waals surface area (Å²) < 4.78 is 1.82. The minimum Gasteiger partial charge on any atom is -0.315 e. The molecule has 5 nitrogen and oxygen atoms in total. The predicted molar refractivity (Wildman–Crippen MR) is 101 cm³/mol. The van der Waals surface area contributed by atoms with E-state index in [0.29, 0.717) is 0 Å². The number of anilines is 1. The summed E-state index contributed by atoms with van der Waals surface area (Å²) in [7, 11) is 1.92. The van der Waals surface area contributed by atoms with Crippen molar-refractivity contribution in [2.75, 3.05) is 24.5 Å². The van der Waals surface area contributed by atoms with E-state index in [0.717, 1.165) is 50.1 Å². The summed E-state index contributed by atoms with van der Waals surface area (Å²) in [6.07, 6.45) is 7.21. The van der Waals surface area contributed by atoms with Gasteiger partial charge in [0.15, 0.2) is 0 Å². The highest BCUT2D eigenvalue weighted by molar-refractivity contribution is 5.96. The molecule has 3 heterocycles. The van der Waals surface area contributed by atoms with Gasteiger partial charge in [-0.2, -0.15) is 5.10 Å². The van der Waals surface area contributed by atoms with Crippen molar-refractivity contribution in [1.82, 2.24) is 15.1 Å². The van der Waals surface area contributed by atoms with Gasteiger partial charge in [-0.15, -0.1) is 12.4 Å². The summed E-state index contributed by atoms with van der Waals surface area (Å²) >= 11 is 0. The molecule has 25 heavy (non-hydrogen) atoms. The number of fused-ring (bicyclic) bond motifs is 1. The first-order valence-corrected chi connectivity index (χ1v) is 8.82. The Labute approximate surface area is 154 Å². The van der Waals surface area contributed by atoms with E-state index >= 15 is 0 Å². The van der Waals surface area contributed by atoms with Crippen LogP contribution in [0, 0.1) is 5.92 Å². The molecule has 2 aromatic rings. The van der Waals surface area contributed by atoms with Crippen molar-refractivity contribution in [3.8, 4) is 0 Å². The maximum atomic E-state index is 13.4. The minimum atomic E-state index is -0.0136. The van der Waals surface area contributed by atoms with Crippen LogP contribution in [0.1, 0.15) is 29.9 Å². The quantitative estimate of drug-likeness (QED) is 0.895. The maximum Gasteiger partial charge on any atom is 0.232 e. The van der Waals surface area contributed by atoms with E-state index < -0.39 is 0 Å². The third-order valence-corrected chi connectivity index (χ3v) is 5.31. The zero-order valence-corrected chi connectivity index (χ0v) is 15.3. The van der Waals surface area contributed by atoms with E-state index in [-0.39, 0.29) is 30.2 Å². The van der Waals surface area contributed by atoms with E-state index in [1.165, 1.54) is 5.56 Å². The van der Waals surface area contributed by atoms with Gasteiger partial charge in [0.1, 0.15) is 0 Å². The van der Waals surface area contributed by atoms with Gasteiger partial charge in [0, 0.05) is 44.5 Å². The average molecular weight is 361 g/mol. The van der Waals surface area contributed by atoms with Gasteiger partial charge < -0.3 is 10.2 Å². The zero-order chi connectivity index (χ0) is 16.5. The molecule has 0 aliphatic carbocycles. The monoisotopic (exact) mass is 360 g/mol. The molecule has 2 aliphatic rings. The fourth-order valence-electron chi connectivity index (χ4n) is 4.04. The summed E-state index contributed by atoms with van der Waals surface area (Å²) in [5.74, 6) is 0.449. The van der Waals surface area contributed by atoms with Crippen LogP contribution in [0.3, 0.4) is 0 Å². The van der Waals surface area contributed by atoms with Crippen molar-refractivity contribution in [3.63, 3.8) is 0 Å². The smallest absolute Gasteiger partial charge is 0.232 e. The van der Waals surface area contributed by atoms with Gasteiger partial charge in [0.05, 0.1) is 12.1 Å². The van der Waals surface area contributed by atoms with Crippen LogP contribution in [0.15, 0.2) is 36.7 Å². The van der Waals surface area contributed by atoms with Gasteiger partial charge in [0.2, 0.25) is 5.91 Å². The van der Waals surface area contributed by atoms with Crippen LogP contribution in [0.5, 0.6) is 0 Å². The summed E-state index contributed by atoms with van der Waals surface area (Å²) in [6, 6.07) is 8.37. The second-order valence-electron chi connectivity index (χ2n) is 6.89. The van der Waals surface area contributed by atoms with Crippen LogP contribution in [-0.4, -0.2) is 35.3 Å². The minimum absolute atomic E-state index is 0. The predicted octanol–water partition coefficient (Wildman–Crippen LogP) is 2.51. The number of carbonyl (C=O) groups excluding carboxylic acids is 1. The third-order valence-electron chi connectivity index (χ3n) is 5.31. The second-order valence-corrected chi connectivity index (χ2v) is 6.89. The molecule has 0 bridgehead atoms. The summed E-state index contributed by atoms with van der Waals surface area (Å²) in [5, 5.41) is 7.69. The van der Waals surface area contributed by atoms with E-state index in [1.54, 1.807) is 0 Å². The number of rotatable bonds is 2. The van der Waals surface area contributed by atoms with Gasteiger partial charge >= 0.3 is 0 Å². The molecule has 6 heteroatoms. The van der Waals surface area contributed by atoms with Crippen LogP contribution >= 0.6 is 12.4 Å². The molecule has 1 N–H and O–H groups in total. The molecule has 1 amide bonds. The first-order chi connectivity index (χ1) is 11.7. The molecule has 0 saturated carbocycles. The number of amides is 1. The first kappa shape index (κ1) is 18.0. The number of hydrogen-bond acceptors (Lipinski definition) is 3. The second kappa shape index (κ2) is 7.58. The Bertz CT molecular complexity index is 745. The fraction of sp³-hybridized carbons (Fsp3) is 0.474. The molecule has 0 spiro atoms. The van der Waals surface area contributed by atoms with E-state index in [2.05, 4.69) is 28.6 Å². The van der Waals surface area contributed by atoms with Crippen LogP contribution in [-0.2, 0) is 18.3 Å². The van der Waals surface area contributed by atoms with Gasteiger partial charge in [0.25, 0.3) is 0 Å². The molecule has 0 radical (unpaired) electrons. The molecule has 1 aromatic heterocycles. The molecule has 0 unspecified atom stereocenters. The number of aromatic nitrogens is 2. The van der Waals surface area contributed by atoms with Crippen molar-refractivity contribution in [3.05, 3.63) is 47.8 Å². The van der Waals surface area contributed by atoms with Crippen LogP contribution in [0.4, 0.5) is 5.69 Å². The van der Waals surface area contributed by atoms with Crippen molar-refractivity contribution in [2.45, 2.75) is 25.2 Å². The number of carbonyl (C=O) groups is 1. The van der Waals surface area contributed by atoms with Crippen molar-refractivity contribution in [1.29, 1.82) is 0 Å². The molecule has 1 aromatic carbocycles. The van der Waals surface area contributed by atoms with E-state index in [4.69, 9.17) is 0 Å². The number of aryl methyl sites for hydroxylation is 2. The van der Waals surface area contributed by atoms with Crippen molar-refractivity contribution in [2.24, 2.45) is 13.0 Å². The lowest BCUT2D eigenvalue weighted by molar-refractivity contribution is -0.122. The molecule has 1 saturated heterocycles. The number of halogens is 1. The third kappa shape index (κ3) is 3.44. The SMILES string of the molecule is Cl.Cn1cc([C@H]2CNC[C@@H]2C(=O)N2CCCCc3ccccc32)cn1. The van der Waals surface area contributed by atoms with E-state index in [9.17, 15) is 4.79 Å². The fourth-order valence-corrected chi connectivity index (χ4v) is 4.04. The Kier molecular flexibility index (Phi) is 5.45. The molecule has 4 rings (SSSR count). The lowest BCUT2D eigenvalue weighted by Crippen LogP contribution is -2.39. The summed E-state index contributed by atoms with van der Waals surface area (Å²) in [4.78, 5) is 15.4. The van der Waals surface area contributed by atoms with Gasteiger partial charge in [-0.3, -0.25) is 9.48 Å². The molecular formula is C19H25ClN4O. The number of para-hydroxylation sites is 1. The van der Waals surface area contributed by atoms with E-state index in [1.807, 2.05) is 35.1 Å². The van der Waals surface area contributed by atoms with Gasteiger partial charge in [-0.1, -0.05) is 18.2 Å². The standard InChI is InChI=1S/C19H24N4O.ClH/c1-22-13-15(10-21-22)16-11-20-12-17(16)19(24)23-9-5-4-7-14-6-2-3-8-18(14)23;/h2-3,6,8,10,13,16-17,20H,4-5,7,9,11-12H2,1H3;1H/t16-,17+;/m1./s1. The van der Waals surface area contributed by atoms with Crippen molar-refractivity contribution >= 4 is 24.0 Å². The highest BCUT2D eigenvalue weighted by Gasteiger charge is 2.38. The first-order valence-electron chi connectivity index (χ1n) is 8.82. The lowest BCUT2D eigenvalue weighted by atomic mass is 9.89. The number of nitrogens with zero attached hydrogens (tertiary/aromatic N) is 3. The Morgan fingerprint density at radius 3 is 2.88 bits per heavy atom. The molecular weight excluding hydrogens is 336 g/mol. The number of hydrogen-bond donors (Lipinski definition) is 1. The molecule has 2 aliphatic heterocycles. The average Bonchev–Trinajstić information content (AvgIpc) is 3.18. The largest absolute Gasteiger partial charge is 0.315 e. The Morgan fingerprint density at radius 2 is 2.08 bits per heavy atom. The van der Waals surface area contributed by atoms with Crippen LogP contribution < -0.4 is 10.2 Å².